The number of halogens is 1. The number of nitrogens with zero attached hydrogens (tertiary/aromatic N) is 2. The Bertz CT molecular complexity index is 1190. The summed E-state index contributed by atoms with van der Waals surface area (Å²) in [5.41, 5.74) is 1.34. The third-order valence-electron chi connectivity index (χ3n) is 4.00. The zero-order valence-corrected chi connectivity index (χ0v) is 18.9. The number of methoxy groups -OCH3 is 1. The predicted molar refractivity (Wildman–Crippen MR) is 124 cm³/mol. The second-order valence-electron chi connectivity index (χ2n) is 6.49. The highest BCUT2D eigenvalue weighted by atomic mass is 35.5. The third-order valence-corrected chi connectivity index (χ3v) is 4.86. The lowest BCUT2D eigenvalue weighted by Crippen LogP contribution is -2.11. The first-order valence-corrected chi connectivity index (χ1v) is 11.6. The number of para-hydroxylation sites is 2. The van der Waals surface area contributed by atoms with Gasteiger partial charge in [-0.2, -0.15) is 4.98 Å². The molecule has 12 heteroatoms. The summed E-state index contributed by atoms with van der Waals surface area (Å²) in [6.45, 7) is 0.0397. The summed E-state index contributed by atoms with van der Waals surface area (Å²) >= 11 is 6.25. The number of ether oxygens (including phenoxy) is 2. The number of sulfonamides is 1. The zero-order chi connectivity index (χ0) is 23.1. The predicted octanol–water partition coefficient (Wildman–Crippen LogP) is 3.37. The van der Waals surface area contributed by atoms with Crippen LogP contribution in [0.5, 0.6) is 11.5 Å². The first-order valence-electron chi connectivity index (χ1n) is 9.34. The number of rotatable bonds is 10. The van der Waals surface area contributed by atoms with Gasteiger partial charge in [0.25, 0.3) is 0 Å². The van der Waals surface area contributed by atoms with Crippen LogP contribution in [0.15, 0.2) is 48.7 Å². The van der Waals surface area contributed by atoms with Crippen LogP contribution < -0.4 is 24.8 Å². The van der Waals surface area contributed by atoms with E-state index in [4.69, 9.17) is 26.2 Å². The molecule has 0 saturated carbocycles. The van der Waals surface area contributed by atoms with Crippen LogP contribution in [0.2, 0.25) is 5.02 Å². The largest absolute Gasteiger partial charge is 0.495 e. The Morgan fingerprint density at radius 3 is 2.53 bits per heavy atom. The Balaban J connectivity index is 1.88. The standard InChI is InChI=1S/C20H22ClN5O5S/c1-30-18-8-7-13(31-10-9-27)11-17(18)24-20-22-12-14(21)19(25-20)23-15-5-3-4-6-16(15)26-32(2,28)29/h3-8,11-12,26-27H,9-10H2,1-2H3,(H2,22,23,24,25). The van der Waals surface area contributed by atoms with Gasteiger partial charge in [0, 0.05) is 6.07 Å². The van der Waals surface area contributed by atoms with Crippen LogP contribution in [-0.2, 0) is 10.0 Å². The van der Waals surface area contributed by atoms with E-state index in [0.29, 0.717) is 28.6 Å². The highest BCUT2D eigenvalue weighted by Gasteiger charge is 2.13. The second-order valence-corrected chi connectivity index (χ2v) is 8.65. The molecule has 2 aromatic carbocycles. The minimum atomic E-state index is -3.48. The second kappa shape index (κ2) is 10.4. The molecule has 1 heterocycles. The number of hydrogen-bond donors (Lipinski definition) is 4. The molecule has 0 amide bonds. The Morgan fingerprint density at radius 1 is 1.09 bits per heavy atom. The number of nitrogens with one attached hydrogen (secondary N) is 3. The van der Waals surface area contributed by atoms with Crippen molar-refractivity contribution in [2.24, 2.45) is 0 Å². The minimum Gasteiger partial charge on any atom is -0.495 e. The maximum atomic E-state index is 11.6. The van der Waals surface area contributed by atoms with Gasteiger partial charge in [-0.15, -0.1) is 0 Å². The summed E-state index contributed by atoms with van der Waals surface area (Å²) < 4.78 is 36.5. The molecule has 0 fully saturated rings. The number of anilines is 5. The molecule has 0 atom stereocenters. The van der Waals surface area contributed by atoms with Gasteiger partial charge in [-0.05, 0) is 24.3 Å². The van der Waals surface area contributed by atoms with Gasteiger partial charge in [-0.25, -0.2) is 13.4 Å². The van der Waals surface area contributed by atoms with E-state index >= 15 is 0 Å². The summed E-state index contributed by atoms with van der Waals surface area (Å²) in [7, 11) is -1.96. The van der Waals surface area contributed by atoms with Gasteiger partial charge >= 0.3 is 0 Å². The fraction of sp³-hybridized carbons (Fsp3) is 0.200. The van der Waals surface area contributed by atoms with E-state index < -0.39 is 10.0 Å². The van der Waals surface area contributed by atoms with Gasteiger partial charge in [0.1, 0.15) is 23.1 Å². The normalized spacial score (nSPS) is 11.0. The Labute approximate surface area is 190 Å². The molecular formula is C20H22ClN5O5S. The number of aliphatic hydroxyl groups is 1. The maximum absolute atomic E-state index is 11.6. The summed E-state index contributed by atoms with van der Waals surface area (Å²) in [6, 6.07) is 11.8. The molecule has 170 valence electrons. The Morgan fingerprint density at radius 2 is 1.84 bits per heavy atom. The van der Waals surface area contributed by atoms with E-state index in [1.54, 1.807) is 42.5 Å². The van der Waals surface area contributed by atoms with E-state index in [1.165, 1.54) is 13.3 Å². The van der Waals surface area contributed by atoms with Gasteiger partial charge in [-0.1, -0.05) is 23.7 Å². The molecule has 0 radical (unpaired) electrons. The fourth-order valence-electron chi connectivity index (χ4n) is 2.68. The smallest absolute Gasteiger partial charge is 0.229 e. The van der Waals surface area contributed by atoms with Crippen molar-refractivity contribution in [2.45, 2.75) is 0 Å². The molecular weight excluding hydrogens is 458 g/mol. The third kappa shape index (κ3) is 6.36. The molecule has 0 aliphatic heterocycles. The minimum absolute atomic E-state index is 0.111. The lowest BCUT2D eigenvalue weighted by atomic mass is 10.2. The number of hydrogen-bond acceptors (Lipinski definition) is 9. The van der Waals surface area contributed by atoms with Crippen molar-refractivity contribution in [1.82, 2.24) is 9.97 Å². The van der Waals surface area contributed by atoms with Gasteiger partial charge in [0.2, 0.25) is 16.0 Å². The molecule has 0 saturated heterocycles. The van der Waals surface area contributed by atoms with E-state index in [2.05, 4.69) is 25.3 Å². The molecule has 1 aromatic heterocycles. The average Bonchev–Trinajstić information content (AvgIpc) is 2.75. The highest BCUT2D eigenvalue weighted by molar-refractivity contribution is 7.92. The van der Waals surface area contributed by atoms with Crippen molar-refractivity contribution >= 4 is 50.5 Å². The first-order chi connectivity index (χ1) is 15.3. The molecule has 0 spiro atoms. The van der Waals surface area contributed by atoms with Crippen LogP contribution in [0.3, 0.4) is 0 Å². The molecule has 10 nitrogen and oxygen atoms in total. The lowest BCUT2D eigenvalue weighted by molar-refractivity contribution is 0.201. The van der Waals surface area contributed by atoms with Crippen molar-refractivity contribution in [2.75, 3.05) is 41.9 Å². The van der Waals surface area contributed by atoms with Gasteiger partial charge in [0.15, 0.2) is 5.82 Å². The van der Waals surface area contributed by atoms with Crippen LogP contribution in [-0.4, -0.2) is 50.1 Å². The van der Waals surface area contributed by atoms with E-state index in [9.17, 15) is 8.42 Å². The molecule has 32 heavy (non-hydrogen) atoms. The van der Waals surface area contributed by atoms with Crippen LogP contribution in [0.1, 0.15) is 0 Å². The van der Waals surface area contributed by atoms with Crippen LogP contribution in [0.4, 0.5) is 28.8 Å². The van der Waals surface area contributed by atoms with E-state index in [1.807, 2.05) is 0 Å². The lowest BCUT2D eigenvalue weighted by Gasteiger charge is -2.15. The molecule has 3 aromatic rings. The van der Waals surface area contributed by atoms with Crippen molar-refractivity contribution in [3.63, 3.8) is 0 Å². The molecule has 3 rings (SSSR count). The summed E-state index contributed by atoms with van der Waals surface area (Å²) in [5, 5.41) is 15.3. The van der Waals surface area contributed by atoms with Crippen LogP contribution in [0, 0.1) is 0 Å². The number of benzene rings is 2. The molecule has 0 aliphatic rings. The van der Waals surface area contributed by atoms with Crippen molar-refractivity contribution in [1.29, 1.82) is 0 Å². The number of aromatic nitrogens is 2. The van der Waals surface area contributed by atoms with Crippen molar-refractivity contribution in [3.8, 4) is 11.5 Å². The quantitative estimate of drug-likeness (QED) is 0.345. The van der Waals surface area contributed by atoms with E-state index in [-0.39, 0.29) is 30.0 Å². The van der Waals surface area contributed by atoms with Gasteiger partial charge in [-0.3, -0.25) is 4.72 Å². The molecule has 0 aliphatic carbocycles. The Hall–Kier alpha value is -3.28. The molecule has 0 bridgehead atoms. The molecule has 0 unspecified atom stereocenters. The summed E-state index contributed by atoms with van der Waals surface area (Å²) in [4.78, 5) is 8.57. The zero-order valence-electron chi connectivity index (χ0n) is 17.3. The van der Waals surface area contributed by atoms with Crippen molar-refractivity contribution in [3.05, 3.63) is 53.7 Å². The highest BCUT2D eigenvalue weighted by Crippen LogP contribution is 2.33. The SMILES string of the molecule is COc1ccc(OCCO)cc1Nc1ncc(Cl)c(Nc2ccccc2NS(C)(=O)=O)n1. The van der Waals surface area contributed by atoms with Crippen LogP contribution >= 0.6 is 11.6 Å². The Kier molecular flexibility index (Phi) is 7.57. The van der Waals surface area contributed by atoms with Gasteiger partial charge < -0.3 is 25.2 Å². The monoisotopic (exact) mass is 479 g/mol. The average molecular weight is 480 g/mol. The fourth-order valence-corrected chi connectivity index (χ4v) is 3.40. The van der Waals surface area contributed by atoms with Crippen LogP contribution in [0.25, 0.3) is 0 Å². The topological polar surface area (TPSA) is 135 Å². The van der Waals surface area contributed by atoms with Gasteiger partial charge in [0.05, 0.1) is 43.2 Å². The summed E-state index contributed by atoms with van der Waals surface area (Å²) in [6.07, 6.45) is 2.47. The van der Waals surface area contributed by atoms with Crippen molar-refractivity contribution < 1.29 is 23.0 Å². The number of aliphatic hydroxyl groups excluding tert-OH is 1. The summed E-state index contributed by atoms with van der Waals surface area (Å²) in [5.74, 6) is 1.52. The maximum Gasteiger partial charge on any atom is 0.229 e. The van der Waals surface area contributed by atoms with E-state index in [0.717, 1.165) is 6.26 Å². The molecule has 4 N–H and O–H groups in total. The first kappa shape index (κ1) is 23.4.